The Bertz CT molecular complexity index is 909. The number of phenols is 1. The zero-order valence-electron chi connectivity index (χ0n) is 24.5. The van der Waals surface area contributed by atoms with Crippen LogP contribution >= 0.6 is 0 Å². The highest BCUT2D eigenvalue weighted by Crippen LogP contribution is 2.34. The van der Waals surface area contributed by atoms with Crippen molar-refractivity contribution in [1.29, 1.82) is 0 Å². The molecule has 0 saturated carbocycles. The Hall–Kier alpha value is -2.77. The summed E-state index contributed by atoms with van der Waals surface area (Å²) in [7, 11) is 0. The molecule has 37 heavy (non-hydrogen) atoms. The largest absolute Gasteiger partial charge is 0.507 e. The van der Waals surface area contributed by atoms with Crippen LogP contribution in [0.1, 0.15) is 105 Å². The number of benzene rings is 1. The van der Waals surface area contributed by atoms with Crippen LogP contribution in [0.4, 0.5) is 4.79 Å². The van der Waals surface area contributed by atoms with E-state index >= 15 is 0 Å². The van der Waals surface area contributed by atoms with Crippen LogP contribution in [0.3, 0.4) is 0 Å². The van der Waals surface area contributed by atoms with Gasteiger partial charge in [0, 0.05) is 17.6 Å². The summed E-state index contributed by atoms with van der Waals surface area (Å²) in [5, 5.41) is 16.6. The number of aromatic hydroxyl groups is 1. The van der Waals surface area contributed by atoms with E-state index in [-0.39, 0.29) is 23.7 Å². The van der Waals surface area contributed by atoms with E-state index in [1.807, 2.05) is 20.8 Å². The lowest BCUT2D eigenvalue weighted by Crippen LogP contribution is -2.55. The number of para-hydroxylation sites is 1. The molecular weight excluding hydrogens is 470 g/mol. The average Bonchev–Trinajstić information content (AvgIpc) is 2.76. The fourth-order valence-electron chi connectivity index (χ4n) is 4.23. The van der Waals surface area contributed by atoms with Crippen molar-refractivity contribution in [3.05, 3.63) is 29.3 Å². The molecule has 0 aliphatic carbocycles. The van der Waals surface area contributed by atoms with Gasteiger partial charge in [0.1, 0.15) is 23.4 Å². The van der Waals surface area contributed by atoms with Gasteiger partial charge in [0.05, 0.1) is 0 Å². The Morgan fingerprint density at radius 1 is 1.00 bits per heavy atom. The lowest BCUT2D eigenvalue weighted by molar-refractivity contribution is -0.145. The van der Waals surface area contributed by atoms with Crippen LogP contribution in [-0.2, 0) is 14.3 Å². The van der Waals surface area contributed by atoms with Crippen molar-refractivity contribution < 1.29 is 24.2 Å². The van der Waals surface area contributed by atoms with E-state index in [1.54, 1.807) is 52.8 Å². The minimum Gasteiger partial charge on any atom is -0.507 e. The second kappa shape index (κ2) is 14.2. The van der Waals surface area contributed by atoms with Crippen LogP contribution < -0.4 is 10.6 Å². The number of nitrogens with zero attached hydrogens (tertiary/aromatic N) is 1. The number of phenolic OH excluding ortho intramolecular Hbond substituents is 1. The number of carbonyl (C=O) groups excluding carboxylic acids is 3. The summed E-state index contributed by atoms with van der Waals surface area (Å²) >= 11 is 0. The fraction of sp³-hybridized carbons (Fsp3) is 0.690. The van der Waals surface area contributed by atoms with Crippen LogP contribution in [0.25, 0.3) is 0 Å². The summed E-state index contributed by atoms with van der Waals surface area (Å²) in [5.74, 6) is -0.407. The summed E-state index contributed by atoms with van der Waals surface area (Å²) in [4.78, 5) is 41.7. The first-order valence-electron chi connectivity index (χ1n) is 13.5. The van der Waals surface area contributed by atoms with Gasteiger partial charge >= 0.3 is 6.09 Å². The number of hydrogen-bond acceptors (Lipinski definition) is 5. The summed E-state index contributed by atoms with van der Waals surface area (Å²) in [6.45, 7) is 18.7. The molecular formula is C29H49N3O5. The molecule has 0 aliphatic heterocycles. The van der Waals surface area contributed by atoms with E-state index in [2.05, 4.69) is 24.5 Å². The summed E-state index contributed by atoms with van der Waals surface area (Å²) in [6.07, 6.45) is 2.47. The topological polar surface area (TPSA) is 108 Å². The maximum Gasteiger partial charge on any atom is 0.408 e. The predicted octanol–water partition coefficient (Wildman–Crippen LogP) is 5.61. The molecule has 3 N–H and O–H groups in total. The van der Waals surface area contributed by atoms with Crippen molar-refractivity contribution in [2.24, 2.45) is 5.92 Å². The predicted molar refractivity (Wildman–Crippen MR) is 147 cm³/mol. The molecule has 1 rings (SSSR count). The smallest absolute Gasteiger partial charge is 0.408 e. The van der Waals surface area contributed by atoms with E-state index in [9.17, 15) is 19.5 Å². The Labute approximate surface area is 223 Å². The van der Waals surface area contributed by atoms with Gasteiger partial charge in [-0.2, -0.15) is 0 Å². The Morgan fingerprint density at radius 3 is 2.16 bits per heavy atom. The Kier molecular flexibility index (Phi) is 12.4. The first-order valence-corrected chi connectivity index (χ1v) is 13.5. The van der Waals surface area contributed by atoms with E-state index in [4.69, 9.17) is 4.74 Å². The van der Waals surface area contributed by atoms with Crippen LogP contribution in [0.15, 0.2) is 18.2 Å². The summed E-state index contributed by atoms with van der Waals surface area (Å²) in [5.41, 5.74) is 0.247. The third-order valence-electron chi connectivity index (χ3n) is 6.20. The minimum absolute atomic E-state index is 0.0209. The lowest BCUT2D eigenvalue weighted by Gasteiger charge is -2.39. The number of aryl methyl sites for hydroxylation is 1. The average molecular weight is 520 g/mol. The zero-order chi connectivity index (χ0) is 28.5. The van der Waals surface area contributed by atoms with E-state index < -0.39 is 29.7 Å². The number of carbonyl (C=O) groups is 3. The number of alkyl carbamates (subject to hydrolysis) is 1. The highest BCUT2D eigenvalue weighted by Gasteiger charge is 2.39. The molecule has 0 aliphatic rings. The van der Waals surface area contributed by atoms with Crippen molar-refractivity contribution in [2.75, 3.05) is 0 Å². The van der Waals surface area contributed by atoms with Crippen molar-refractivity contribution in [3.8, 4) is 5.75 Å². The van der Waals surface area contributed by atoms with E-state index in [0.717, 1.165) is 19.3 Å². The van der Waals surface area contributed by atoms with Gasteiger partial charge in [-0.1, -0.05) is 45.4 Å². The SMILES string of the molecule is CCCC(C)NC(=O)C(c1cccc(C)c1O)N(C(=O)C(C)NC(=O)OC(C)(C)C)C(C)CCC(C)C. The second-order valence-corrected chi connectivity index (χ2v) is 11.5. The van der Waals surface area contributed by atoms with Crippen molar-refractivity contribution >= 4 is 17.9 Å². The van der Waals surface area contributed by atoms with Gasteiger partial charge in [0.2, 0.25) is 11.8 Å². The van der Waals surface area contributed by atoms with E-state index in [1.165, 1.54) is 4.90 Å². The number of ether oxygens (including phenoxy) is 1. The van der Waals surface area contributed by atoms with Crippen LogP contribution in [0.5, 0.6) is 5.75 Å². The zero-order valence-corrected chi connectivity index (χ0v) is 24.5. The summed E-state index contributed by atoms with van der Waals surface area (Å²) < 4.78 is 5.34. The highest BCUT2D eigenvalue weighted by molar-refractivity contribution is 5.92. The molecule has 0 fully saturated rings. The standard InChI is InChI=1S/C29H49N3O5/c1-11-13-20(5)30-26(34)24(23-15-12-14-19(4)25(23)33)32(21(6)17-16-18(2)3)27(35)22(7)31-28(36)37-29(8,9)10/h12,14-15,18,20-22,24,33H,11,13,16-17H2,1-10H3,(H,30,34)(H,31,36). The van der Waals surface area contributed by atoms with Crippen molar-refractivity contribution in [1.82, 2.24) is 15.5 Å². The van der Waals surface area contributed by atoms with Gasteiger partial charge in [-0.15, -0.1) is 0 Å². The lowest BCUT2D eigenvalue weighted by atomic mass is 9.95. The minimum atomic E-state index is -1.07. The normalized spacial score (nSPS) is 14.9. The van der Waals surface area contributed by atoms with Crippen molar-refractivity contribution in [3.63, 3.8) is 0 Å². The molecule has 4 unspecified atom stereocenters. The fourth-order valence-corrected chi connectivity index (χ4v) is 4.23. The Balaban J connectivity index is 3.55. The summed E-state index contributed by atoms with van der Waals surface area (Å²) in [6, 6.07) is 2.74. The number of hydrogen-bond donors (Lipinski definition) is 3. The monoisotopic (exact) mass is 519 g/mol. The van der Waals surface area contributed by atoms with Gasteiger partial charge in [-0.3, -0.25) is 9.59 Å². The van der Waals surface area contributed by atoms with Crippen molar-refractivity contribution in [2.45, 2.75) is 125 Å². The molecule has 4 atom stereocenters. The van der Waals surface area contributed by atoms with Gasteiger partial charge in [0.25, 0.3) is 0 Å². The maximum absolute atomic E-state index is 14.0. The maximum atomic E-state index is 14.0. The third-order valence-corrected chi connectivity index (χ3v) is 6.20. The van der Waals surface area contributed by atoms with Gasteiger partial charge in [-0.25, -0.2) is 4.79 Å². The van der Waals surface area contributed by atoms with Gasteiger partial charge in [-0.05, 0) is 79.2 Å². The molecule has 0 radical (unpaired) electrons. The molecule has 3 amide bonds. The Morgan fingerprint density at radius 2 is 1.62 bits per heavy atom. The molecule has 0 saturated heterocycles. The first kappa shape index (κ1) is 32.3. The third kappa shape index (κ3) is 10.3. The van der Waals surface area contributed by atoms with Crippen LogP contribution in [0.2, 0.25) is 0 Å². The molecule has 0 spiro atoms. The highest BCUT2D eigenvalue weighted by atomic mass is 16.6. The molecule has 8 nitrogen and oxygen atoms in total. The van der Waals surface area contributed by atoms with Crippen LogP contribution in [-0.4, -0.2) is 51.6 Å². The quantitative estimate of drug-likeness (QED) is 0.332. The van der Waals surface area contributed by atoms with Gasteiger partial charge < -0.3 is 25.4 Å². The second-order valence-electron chi connectivity index (χ2n) is 11.5. The van der Waals surface area contributed by atoms with E-state index in [0.29, 0.717) is 23.5 Å². The van der Waals surface area contributed by atoms with Crippen LogP contribution in [0, 0.1) is 12.8 Å². The number of nitrogens with one attached hydrogen (secondary N) is 2. The molecule has 1 aromatic carbocycles. The molecule has 1 aromatic rings. The molecule has 0 aromatic heterocycles. The molecule has 210 valence electrons. The first-order chi connectivity index (χ1) is 17.1. The molecule has 0 bridgehead atoms. The molecule has 0 heterocycles. The molecule has 8 heteroatoms. The number of amides is 3. The number of rotatable bonds is 12. The van der Waals surface area contributed by atoms with Gasteiger partial charge in [0.15, 0.2) is 0 Å².